The molecule has 0 aromatic heterocycles. The monoisotopic (exact) mass is 203 g/mol. The molecule has 0 spiro atoms. The zero-order valence-corrected chi connectivity index (χ0v) is 8.51. The number of rotatable bonds is 3. The van der Waals surface area contributed by atoms with E-state index < -0.39 is 18.2 Å². The summed E-state index contributed by atoms with van der Waals surface area (Å²) in [5.41, 5.74) is 0. The lowest BCUT2D eigenvalue weighted by Crippen LogP contribution is -2.39. The number of β-amino-alcohol motifs (C(OH)–C–C–N with tert-alkyl or cyclic N) is 2. The Morgan fingerprint density at radius 3 is 2.43 bits per heavy atom. The number of nitrogens with zero attached hydrogens (tertiary/aromatic N) is 1. The summed E-state index contributed by atoms with van der Waals surface area (Å²) < 4.78 is 4.84. The Hall–Kier alpha value is -0.650. The van der Waals surface area contributed by atoms with Gasteiger partial charge in [-0.15, -0.1) is 0 Å². The average Bonchev–Trinajstić information content (AvgIpc) is 2.46. The van der Waals surface area contributed by atoms with Crippen molar-refractivity contribution in [2.45, 2.75) is 32.1 Å². The third kappa shape index (κ3) is 2.43. The number of hydrogen-bond acceptors (Lipinski definition) is 5. The van der Waals surface area contributed by atoms with E-state index in [1.807, 2.05) is 0 Å². The van der Waals surface area contributed by atoms with Crippen molar-refractivity contribution in [3.8, 4) is 0 Å². The Balaban J connectivity index is 2.46. The summed E-state index contributed by atoms with van der Waals surface area (Å²) in [6, 6.07) is -0.401. The first-order valence-electron chi connectivity index (χ1n) is 4.83. The van der Waals surface area contributed by atoms with Gasteiger partial charge in [0.15, 0.2) is 0 Å². The molecule has 82 valence electrons. The maximum atomic E-state index is 11.3. The smallest absolute Gasteiger partial charge is 0.323 e. The van der Waals surface area contributed by atoms with Gasteiger partial charge in [-0.3, -0.25) is 9.69 Å². The Bertz CT molecular complexity index is 199. The van der Waals surface area contributed by atoms with Gasteiger partial charge in [-0.25, -0.2) is 0 Å². The van der Waals surface area contributed by atoms with Crippen molar-refractivity contribution in [3.63, 3.8) is 0 Å². The summed E-state index contributed by atoms with van der Waals surface area (Å²) in [6.07, 6.45) is -1.52. The van der Waals surface area contributed by atoms with Gasteiger partial charge in [-0.2, -0.15) is 0 Å². The number of aliphatic hydroxyl groups is 2. The van der Waals surface area contributed by atoms with Crippen LogP contribution in [0.1, 0.15) is 13.8 Å². The van der Waals surface area contributed by atoms with Gasteiger partial charge in [-0.1, -0.05) is 0 Å². The normalized spacial score (nSPS) is 30.3. The molecule has 0 amide bonds. The molecule has 5 nitrogen and oxygen atoms in total. The molecule has 1 fully saturated rings. The van der Waals surface area contributed by atoms with E-state index >= 15 is 0 Å². The molecule has 1 saturated heterocycles. The van der Waals surface area contributed by atoms with Crippen LogP contribution in [0, 0.1) is 0 Å². The van der Waals surface area contributed by atoms with E-state index in [0.717, 1.165) is 0 Å². The van der Waals surface area contributed by atoms with E-state index in [0.29, 0.717) is 19.7 Å². The van der Waals surface area contributed by atoms with Gasteiger partial charge >= 0.3 is 5.97 Å². The molecule has 0 aliphatic carbocycles. The minimum absolute atomic E-state index is 0.311. The Morgan fingerprint density at radius 1 is 1.50 bits per heavy atom. The zero-order chi connectivity index (χ0) is 10.7. The highest BCUT2D eigenvalue weighted by molar-refractivity contribution is 5.75. The van der Waals surface area contributed by atoms with Crippen molar-refractivity contribution in [3.05, 3.63) is 0 Å². The molecular formula is C9H17NO4. The summed E-state index contributed by atoms with van der Waals surface area (Å²) in [5, 5.41) is 18.6. The first-order chi connectivity index (χ1) is 6.56. The molecule has 2 N–H and O–H groups in total. The molecular weight excluding hydrogens is 186 g/mol. The van der Waals surface area contributed by atoms with Crippen LogP contribution in [0.25, 0.3) is 0 Å². The van der Waals surface area contributed by atoms with Crippen molar-refractivity contribution < 1.29 is 19.7 Å². The van der Waals surface area contributed by atoms with Crippen molar-refractivity contribution in [2.75, 3.05) is 19.7 Å². The fourth-order valence-corrected chi connectivity index (χ4v) is 1.53. The number of esters is 1. The van der Waals surface area contributed by atoms with Crippen LogP contribution in [-0.2, 0) is 9.53 Å². The highest BCUT2D eigenvalue weighted by Gasteiger charge is 2.35. The lowest BCUT2D eigenvalue weighted by molar-refractivity contribution is -0.148. The van der Waals surface area contributed by atoms with Gasteiger partial charge in [0, 0.05) is 13.1 Å². The van der Waals surface area contributed by atoms with Crippen molar-refractivity contribution >= 4 is 5.97 Å². The van der Waals surface area contributed by atoms with Crippen molar-refractivity contribution in [1.82, 2.24) is 4.90 Å². The van der Waals surface area contributed by atoms with E-state index in [1.165, 1.54) is 0 Å². The van der Waals surface area contributed by atoms with Gasteiger partial charge < -0.3 is 14.9 Å². The topological polar surface area (TPSA) is 70.0 Å². The maximum Gasteiger partial charge on any atom is 0.323 e. The first-order valence-corrected chi connectivity index (χ1v) is 4.83. The second kappa shape index (κ2) is 4.72. The molecule has 1 heterocycles. The van der Waals surface area contributed by atoms with Crippen LogP contribution >= 0.6 is 0 Å². The molecule has 1 unspecified atom stereocenters. The third-order valence-electron chi connectivity index (χ3n) is 2.46. The van der Waals surface area contributed by atoms with Crippen LogP contribution in [0.5, 0.6) is 0 Å². The molecule has 0 radical (unpaired) electrons. The molecule has 1 aliphatic heterocycles. The number of hydrogen-bond donors (Lipinski definition) is 2. The summed E-state index contributed by atoms with van der Waals surface area (Å²) in [4.78, 5) is 13.0. The van der Waals surface area contributed by atoms with Crippen molar-refractivity contribution in [1.29, 1.82) is 0 Å². The highest BCUT2D eigenvalue weighted by Crippen LogP contribution is 2.13. The molecule has 1 aliphatic rings. The van der Waals surface area contributed by atoms with Crippen LogP contribution in [0.15, 0.2) is 0 Å². The largest absolute Gasteiger partial charge is 0.465 e. The lowest BCUT2D eigenvalue weighted by Gasteiger charge is -2.21. The van der Waals surface area contributed by atoms with Crippen LogP contribution in [0.4, 0.5) is 0 Å². The first kappa shape index (κ1) is 11.4. The van der Waals surface area contributed by atoms with Crippen LogP contribution in [-0.4, -0.2) is 59.0 Å². The SMILES string of the molecule is CCOC(=O)C(C)N1C[C@@H](O)[C@@H](O)C1. The van der Waals surface area contributed by atoms with Crippen LogP contribution in [0.3, 0.4) is 0 Å². The zero-order valence-electron chi connectivity index (χ0n) is 8.51. The quantitative estimate of drug-likeness (QED) is 0.574. The molecule has 1 rings (SSSR count). The van der Waals surface area contributed by atoms with Crippen LogP contribution < -0.4 is 0 Å². The van der Waals surface area contributed by atoms with Crippen molar-refractivity contribution in [2.24, 2.45) is 0 Å². The highest BCUT2D eigenvalue weighted by atomic mass is 16.5. The molecule has 0 aromatic rings. The Labute approximate surface area is 83.3 Å². The van der Waals surface area contributed by atoms with Gasteiger partial charge in [0.25, 0.3) is 0 Å². The molecule has 0 aromatic carbocycles. The number of carbonyl (C=O) groups is 1. The minimum Gasteiger partial charge on any atom is -0.465 e. The number of carbonyl (C=O) groups excluding carboxylic acids is 1. The molecule has 3 atom stereocenters. The molecule has 5 heteroatoms. The summed E-state index contributed by atoms with van der Waals surface area (Å²) in [6.45, 7) is 4.45. The molecule has 14 heavy (non-hydrogen) atoms. The van der Waals surface area contributed by atoms with Gasteiger partial charge in [0.1, 0.15) is 6.04 Å². The second-order valence-electron chi connectivity index (χ2n) is 3.52. The summed E-state index contributed by atoms with van der Waals surface area (Å²) >= 11 is 0. The maximum absolute atomic E-state index is 11.3. The van der Waals surface area contributed by atoms with Crippen LogP contribution in [0.2, 0.25) is 0 Å². The average molecular weight is 203 g/mol. The number of aliphatic hydroxyl groups excluding tert-OH is 2. The molecule has 0 saturated carbocycles. The third-order valence-corrected chi connectivity index (χ3v) is 2.46. The second-order valence-corrected chi connectivity index (χ2v) is 3.52. The standard InChI is InChI=1S/C9H17NO4/c1-3-14-9(13)6(2)10-4-7(11)8(12)5-10/h6-8,11-12H,3-5H2,1-2H3/t6?,7-,8+. The van der Waals surface area contributed by atoms with Gasteiger partial charge in [0.2, 0.25) is 0 Å². The van der Waals surface area contributed by atoms with Gasteiger partial charge in [0.05, 0.1) is 18.8 Å². The van der Waals surface area contributed by atoms with E-state index in [2.05, 4.69) is 0 Å². The minimum atomic E-state index is -0.758. The predicted molar refractivity (Wildman–Crippen MR) is 49.7 cm³/mol. The number of likely N-dealkylation sites (tertiary alicyclic amines) is 1. The lowest BCUT2D eigenvalue weighted by atomic mass is 10.3. The summed E-state index contributed by atoms with van der Waals surface area (Å²) in [5.74, 6) is -0.311. The van der Waals surface area contributed by atoms with E-state index in [1.54, 1.807) is 18.7 Å². The predicted octanol–water partition coefficient (Wildman–Crippen LogP) is -1.02. The fraction of sp³-hybridized carbons (Fsp3) is 0.889. The number of ether oxygens (including phenoxy) is 1. The Kier molecular flexibility index (Phi) is 3.86. The van der Waals surface area contributed by atoms with E-state index in [4.69, 9.17) is 4.74 Å². The van der Waals surface area contributed by atoms with Gasteiger partial charge in [-0.05, 0) is 13.8 Å². The van der Waals surface area contributed by atoms with E-state index in [-0.39, 0.29) is 5.97 Å². The fourth-order valence-electron chi connectivity index (χ4n) is 1.53. The van der Waals surface area contributed by atoms with E-state index in [9.17, 15) is 15.0 Å². The Morgan fingerprint density at radius 2 is 2.00 bits per heavy atom. The summed E-state index contributed by atoms with van der Waals surface area (Å²) in [7, 11) is 0. The molecule has 0 bridgehead atoms.